The lowest BCUT2D eigenvalue weighted by molar-refractivity contribution is -0.125. The Morgan fingerprint density at radius 1 is 0.815 bits per heavy atom. The van der Waals surface area contributed by atoms with Crippen LogP contribution in [-0.2, 0) is 4.79 Å². The van der Waals surface area contributed by atoms with Crippen molar-refractivity contribution in [1.82, 2.24) is 21.3 Å². The molecule has 2 aliphatic rings. The van der Waals surface area contributed by atoms with Gasteiger partial charge in [-0.3, -0.25) is 4.79 Å². The summed E-state index contributed by atoms with van der Waals surface area (Å²) in [6, 6.07) is 0.686. The molecule has 2 fully saturated rings. The zero-order valence-electron chi connectivity index (χ0n) is 19.2. The lowest BCUT2D eigenvalue weighted by Gasteiger charge is -2.47. The highest BCUT2D eigenvalue weighted by molar-refractivity contribution is 5.78. The first-order valence-corrected chi connectivity index (χ1v) is 10.7. The van der Waals surface area contributed by atoms with Crippen molar-refractivity contribution in [2.24, 2.45) is 5.92 Å². The molecule has 0 spiro atoms. The third kappa shape index (κ3) is 7.03. The summed E-state index contributed by atoms with van der Waals surface area (Å²) in [7, 11) is 0. The van der Waals surface area contributed by atoms with E-state index in [4.69, 9.17) is 0 Å². The summed E-state index contributed by atoms with van der Waals surface area (Å²) in [5.41, 5.74) is 0.343. The molecule has 0 bridgehead atoms. The van der Waals surface area contributed by atoms with Crippen LogP contribution in [0.1, 0.15) is 88.0 Å². The van der Waals surface area contributed by atoms with E-state index in [1.165, 1.54) is 0 Å². The summed E-state index contributed by atoms with van der Waals surface area (Å²) in [5, 5.41) is 14.4. The van der Waals surface area contributed by atoms with E-state index in [1.54, 1.807) is 0 Å². The molecule has 2 heterocycles. The summed E-state index contributed by atoms with van der Waals surface area (Å²) in [6.45, 7) is 20.7. The fourth-order valence-corrected chi connectivity index (χ4v) is 5.67. The molecule has 5 nitrogen and oxygen atoms in total. The van der Waals surface area contributed by atoms with Crippen molar-refractivity contribution in [3.8, 4) is 0 Å². The number of carbonyl (C=O) groups excluding carboxylic acids is 1. The van der Waals surface area contributed by atoms with Gasteiger partial charge >= 0.3 is 0 Å². The highest BCUT2D eigenvalue weighted by Crippen LogP contribution is 2.29. The summed E-state index contributed by atoms with van der Waals surface area (Å²) in [6.07, 6.45) is 4.11. The van der Waals surface area contributed by atoms with Crippen molar-refractivity contribution >= 4 is 5.91 Å². The number of rotatable bonds is 5. The van der Waals surface area contributed by atoms with Crippen LogP contribution in [0.4, 0.5) is 0 Å². The molecule has 1 amide bonds. The van der Waals surface area contributed by atoms with E-state index >= 15 is 0 Å². The van der Waals surface area contributed by atoms with Crippen LogP contribution in [0.15, 0.2) is 0 Å². The Bertz CT molecular complexity index is 506. The summed E-state index contributed by atoms with van der Waals surface area (Å²) >= 11 is 0. The second-order valence-electron chi connectivity index (χ2n) is 11.8. The van der Waals surface area contributed by atoms with Crippen LogP contribution in [0.3, 0.4) is 0 Å². The van der Waals surface area contributed by atoms with E-state index in [0.717, 1.165) is 32.2 Å². The number of hydrogen-bond acceptors (Lipinski definition) is 4. The van der Waals surface area contributed by atoms with E-state index < -0.39 is 0 Å². The quantitative estimate of drug-likeness (QED) is 0.592. The molecular weight excluding hydrogens is 336 g/mol. The van der Waals surface area contributed by atoms with E-state index in [1.807, 2.05) is 6.92 Å². The standard InChI is InChI=1S/C22H44N4O/c1-15(14-23-16-10-19(2,3)25-20(4,5)11-16)18(27)24-17-12-21(6,7)26-22(8,9)13-17/h15-17,23,25-26H,10-14H2,1-9H3,(H,24,27). The highest BCUT2D eigenvalue weighted by atomic mass is 16.1. The molecule has 0 aromatic rings. The lowest BCUT2D eigenvalue weighted by Crippen LogP contribution is -2.63. The maximum absolute atomic E-state index is 12.8. The molecule has 1 atom stereocenters. The third-order valence-corrected chi connectivity index (χ3v) is 5.89. The molecule has 4 N–H and O–H groups in total. The normalized spacial score (nSPS) is 28.5. The molecule has 0 radical (unpaired) electrons. The molecule has 0 aromatic heterocycles. The molecule has 0 saturated carbocycles. The number of nitrogens with one attached hydrogen (secondary N) is 4. The smallest absolute Gasteiger partial charge is 0.224 e. The van der Waals surface area contributed by atoms with E-state index in [0.29, 0.717) is 6.04 Å². The van der Waals surface area contributed by atoms with Gasteiger partial charge in [0.1, 0.15) is 0 Å². The zero-order valence-corrected chi connectivity index (χ0v) is 19.2. The maximum atomic E-state index is 12.8. The van der Waals surface area contributed by atoms with Crippen LogP contribution in [0.25, 0.3) is 0 Å². The Kier molecular flexibility index (Phi) is 6.41. The van der Waals surface area contributed by atoms with Crippen LogP contribution in [0.5, 0.6) is 0 Å². The Labute approximate surface area is 167 Å². The van der Waals surface area contributed by atoms with Gasteiger partial charge in [0.25, 0.3) is 0 Å². The highest BCUT2D eigenvalue weighted by Gasteiger charge is 2.39. The van der Waals surface area contributed by atoms with Crippen molar-refractivity contribution in [3.05, 3.63) is 0 Å². The minimum atomic E-state index is -0.0211. The Balaban J connectivity index is 1.85. The second kappa shape index (κ2) is 7.64. The third-order valence-electron chi connectivity index (χ3n) is 5.89. The van der Waals surface area contributed by atoms with Gasteiger partial charge in [0.05, 0.1) is 0 Å². The first kappa shape index (κ1) is 22.6. The van der Waals surface area contributed by atoms with Gasteiger partial charge in [-0.15, -0.1) is 0 Å². The Morgan fingerprint density at radius 2 is 1.19 bits per heavy atom. The predicted molar refractivity (Wildman–Crippen MR) is 114 cm³/mol. The monoisotopic (exact) mass is 380 g/mol. The largest absolute Gasteiger partial charge is 0.353 e. The molecule has 1 unspecified atom stereocenters. The van der Waals surface area contributed by atoms with Gasteiger partial charge in [-0.25, -0.2) is 0 Å². The van der Waals surface area contributed by atoms with Crippen molar-refractivity contribution in [2.45, 2.75) is 122 Å². The number of hydrogen-bond donors (Lipinski definition) is 4. The summed E-state index contributed by atoms with van der Waals surface area (Å²) < 4.78 is 0. The molecule has 27 heavy (non-hydrogen) atoms. The SMILES string of the molecule is CC(CNC1CC(C)(C)NC(C)(C)C1)C(=O)NC1CC(C)(C)NC(C)(C)C1. The van der Waals surface area contributed by atoms with Gasteiger partial charge in [0.2, 0.25) is 5.91 Å². The molecule has 2 aliphatic heterocycles. The van der Waals surface area contributed by atoms with Gasteiger partial charge in [0.15, 0.2) is 0 Å². The number of piperidine rings is 2. The molecule has 0 aromatic carbocycles. The average Bonchev–Trinajstić information content (AvgIpc) is 2.37. The molecule has 5 heteroatoms. The van der Waals surface area contributed by atoms with Gasteiger partial charge in [0, 0.05) is 46.7 Å². The minimum Gasteiger partial charge on any atom is -0.353 e. The fourth-order valence-electron chi connectivity index (χ4n) is 5.67. The Morgan fingerprint density at radius 3 is 1.59 bits per heavy atom. The first-order chi connectivity index (χ1) is 12.1. The minimum absolute atomic E-state index is 0.0211. The summed E-state index contributed by atoms with van der Waals surface area (Å²) in [4.78, 5) is 12.8. The van der Waals surface area contributed by atoms with Crippen LogP contribution in [-0.4, -0.2) is 46.7 Å². The van der Waals surface area contributed by atoms with Crippen molar-refractivity contribution < 1.29 is 4.79 Å². The topological polar surface area (TPSA) is 65.2 Å². The van der Waals surface area contributed by atoms with Crippen molar-refractivity contribution in [2.75, 3.05) is 6.54 Å². The first-order valence-electron chi connectivity index (χ1n) is 10.7. The van der Waals surface area contributed by atoms with Gasteiger partial charge < -0.3 is 21.3 Å². The molecule has 2 saturated heterocycles. The number of carbonyl (C=O) groups is 1. The van der Waals surface area contributed by atoms with Crippen molar-refractivity contribution in [1.29, 1.82) is 0 Å². The molecule has 158 valence electrons. The van der Waals surface area contributed by atoms with Crippen molar-refractivity contribution in [3.63, 3.8) is 0 Å². The fraction of sp³-hybridized carbons (Fsp3) is 0.955. The summed E-state index contributed by atoms with van der Waals surface area (Å²) in [5.74, 6) is 0.153. The van der Waals surface area contributed by atoms with Gasteiger partial charge in [-0.1, -0.05) is 6.92 Å². The number of amides is 1. The maximum Gasteiger partial charge on any atom is 0.224 e. The molecular formula is C22H44N4O. The average molecular weight is 381 g/mol. The van der Waals surface area contributed by atoms with Crippen LogP contribution >= 0.6 is 0 Å². The van der Waals surface area contributed by atoms with Crippen LogP contribution in [0, 0.1) is 5.92 Å². The zero-order chi connectivity index (χ0) is 20.7. The second-order valence-corrected chi connectivity index (χ2v) is 11.8. The van der Waals surface area contributed by atoms with Crippen LogP contribution in [0.2, 0.25) is 0 Å². The molecule has 0 aliphatic carbocycles. The van der Waals surface area contributed by atoms with E-state index in [9.17, 15) is 4.79 Å². The van der Waals surface area contributed by atoms with E-state index in [-0.39, 0.29) is 40.0 Å². The lowest BCUT2D eigenvalue weighted by atomic mass is 9.79. The van der Waals surface area contributed by atoms with Crippen LogP contribution < -0.4 is 21.3 Å². The molecule has 2 rings (SSSR count). The van der Waals surface area contributed by atoms with Gasteiger partial charge in [-0.05, 0) is 81.1 Å². The van der Waals surface area contributed by atoms with E-state index in [2.05, 4.69) is 76.7 Å². The van der Waals surface area contributed by atoms with Gasteiger partial charge in [-0.2, -0.15) is 0 Å². The Hall–Kier alpha value is -0.650. The predicted octanol–water partition coefficient (Wildman–Crippen LogP) is 2.95.